The SMILES string of the molecule is CCc1cc(-c2cccc(N)n2)c(OC)cc1O. The fourth-order valence-electron chi connectivity index (χ4n) is 1.87. The van der Waals surface area contributed by atoms with Crippen LogP contribution in [0.25, 0.3) is 11.3 Å². The number of phenols is 1. The fourth-order valence-corrected chi connectivity index (χ4v) is 1.87. The van der Waals surface area contributed by atoms with Crippen LogP contribution in [-0.4, -0.2) is 17.2 Å². The molecule has 0 aliphatic rings. The maximum atomic E-state index is 9.82. The highest BCUT2D eigenvalue weighted by Crippen LogP contribution is 2.35. The van der Waals surface area contributed by atoms with Crippen LogP contribution in [0.5, 0.6) is 11.5 Å². The maximum absolute atomic E-state index is 9.82. The number of nitrogen functional groups attached to an aromatic ring is 1. The molecule has 4 heteroatoms. The number of aromatic hydroxyl groups is 1. The van der Waals surface area contributed by atoms with E-state index in [0.29, 0.717) is 11.6 Å². The van der Waals surface area contributed by atoms with Crippen molar-refractivity contribution in [1.29, 1.82) is 0 Å². The number of aromatic nitrogens is 1. The zero-order chi connectivity index (χ0) is 13.1. The summed E-state index contributed by atoms with van der Waals surface area (Å²) in [4.78, 5) is 4.27. The molecule has 18 heavy (non-hydrogen) atoms. The molecule has 1 aromatic heterocycles. The van der Waals surface area contributed by atoms with Gasteiger partial charge in [-0.15, -0.1) is 0 Å². The largest absolute Gasteiger partial charge is 0.508 e. The first-order valence-electron chi connectivity index (χ1n) is 5.78. The second-order valence-electron chi connectivity index (χ2n) is 3.98. The summed E-state index contributed by atoms with van der Waals surface area (Å²) in [5.74, 6) is 1.28. The molecule has 2 aromatic rings. The van der Waals surface area contributed by atoms with E-state index >= 15 is 0 Å². The standard InChI is InChI=1S/C14H16N2O2/c1-3-9-7-10(13(18-2)8-12(9)17)11-5-4-6-14(15)16-11/h4-8,17H,3H2,1-2H3,(H2,15,16). The Hall–Kier alpha value is -2.23. The molecule has 0 unspecified atom stereocenters. The molecule has 0 atom stereocenters. The summed E-state index contributed by atoms with van der Waals surface area (Å²) < 4.78 is 5.28. The van der Waals surface area contributed by atoms with Crippen LogP contribution in [0.3, 0.4) is 0 Å². The van der Waals surface area contributed by atoms with Crippen LogP contribution in [0.4, 0.5) is 5.82 Å². The summed E-state index contributed by atoms with van der Waals surface area (Å²) in [6.45, 7) is 1.98. The van der Waals surface area contributed by atoms with Crippen LogP contribution in [0.2, 0.25) is 0 Å². The minimum absolute atomic E-state index is 0.238. The number of nitrogens with zero attached hydrogens (tertiary/aromatic N) is 1. The minimum atomic E-state index is 0.238. The van der Waals surface area contributed by atoms with E-state index < -0.39 is 0 Å². The lowest BCUT2D eigenvalue weighted by molar-refractivity contribution is 0.408. The topological polar surface area (TPSA) is 68.4 Å². The highest BCUT2D eigenvalue weighted by molar-refractivity contribution is 5.71. The van der Waals surface area contributed by atoms with E-state index in [0.717, 1.165) is 23.2 Å². The molecule has 94 valence electrons. The average Bonchev–Trinajstić information content (AvgIpc) is 2.38. The number of phenolic OH excluding ortho intramolecular Hbond substituents is 1. The number of rotatable bonds is 3. The summed E-state index contributed by atoms with van der Waals surface area (Å²) >= 11 is 0. The first kappa shape index (κ1) is 12.2. The number of benzene rings is 1. The molecule has 0 amide bonds. The number of hydrogen-bond acceptors (Lipinski definition) is 4. The smallest absolute Gasteiger partial charge is 0.131 e. The highest BCUT2D eigenvalue weighted by atomic mass is 16.5. The predicted molar refractivity (Wildman–Crippen MR) is 71.7 cm³/mol. The van der Waals surface area contributed by atoms with Crippen LogP contribution in [0.15, 0.2) is 30.3 Å². The molecular weight excluding hydrogens is 228 g/mol. The second kappa shape index (κ2) is 4.96. The number of anilines is 1. The molecule has 2 rings (SSSR count). The quantitative estimate of drug-likeness (QED) is 0.870. The van der Waals surface area contributed by atoms with Crippen molar-refractivity contribution < 1.29 is 9.84 Å². The van der Waals surface area contributed by atoms with Crippen LogP contribution >= 0.6 is 0 Å². The Morgan fingerprint density at radius 3 is 2.72 bits per heavy atom. The van der Waals surface area contributed by atoms with Gasteiger partial charge < -0.3 is 15.6 Å². The Kier molecular flexibility index (Phi) is 3.37. The van der Waals surface area contributed by atoms with Crippen LogP contribution in [-0.2, 0) is 6.42 Å². The number of ether oxygens (including phenoxy) is 1. The van der Waals surface area contributed by atoms with Gasteiger partial charge in [0, 0.05) is 11.6 Å². The Balaban J connectivity index is 2.61. The molecule has 3 N–H and O–H groups in total. The van der Waals surface area contributed by atoms with Gasteiger partial charge in [-0.1, -0.05) is 13.0 Å². The second-order valence-corrected chi connectivity index (χ2v) is 3.98. The summed E-state index contributed by atoms with van der Waals surface area (Å²) in [5.41, 5.74) is 8.11. The third kappa shape index (κ3) is 2.22. The summed E-state index contributed by atoms with van der Waals surface area (Å²) in [6.07, 6.45) is 0.741. The zero-order valence-corrected chi connectivity index (χ0v) is 10.5. The van der Waals surface area contributed by atoms with Crippen molar-refractivity contribution in [2.24, 2.45) is 0 Å². The number of pyridine rings is 1. The number of aryl methyl sites for hydroxylation is 1. The van der Waals surface area contributed by atoms with Crippen molar-refractivity contribution in [2.75, 3.05) is 12.8 Å². The molecule has 1 aromatic carbocycles. The average molecular weight is 244 g/mol. The first-order valence-corrected chi connectivity index (χ1v) is 5.78. The molecule has 4 nitrogen and oxygen atoms in total. The summed E-state index contributed by atoms with van der Waals surface area (Å²) in [6, 6.07) is 8.94. The molecular formula is C14H16N2O2. The lowest BCUT2D eigenvalue weighted by atomic mass is 10.0. The van der Waals surface area contributed by atoms with Crippen molar-refractivity contribution in [3.63, 3.8) is 0 Å². The van der Waals surface area contributed by atoms with Crippen molar-refractivity contribution in [3.05, 3.63) is 35.9 Å². The van der Waals surface area contributed by atoms with Crippen molar-refractivity contribution in [2.45, 2.75) is 13.3 Å². The Morgan fingerprint density at radius 2 is 2.11 bits per heavy atom. The van der Waals surface area contributed by atoms with E-state index in [2.05, 4.69) is 4.98 Å². The zero-order valence-electron chi connectivity index (χ0n) is 10.5. The van der Waals surface area contributed by atoms with Gasteiger partial charge in [0.05, 0.1) is 12.8 Å². The van der Waals surface area contributed by atoms with Gasteiger partial charge in [0.1, 0.15) is 17.3 Å². The van der Waals surface area contributed by atoms with Gasteiger partial charge >= 0.3 is 0 Å². The predicted octanol–water partition coefficient (Wildman–Crippen LogP) is 2.61. The van der Waals surface area contributed by atoms with E-state index in [-0.39, 0.29) is 5.75 Å². The van der Waals surface area contributed by atoms with Gasteiger partial charge in [-0.2, -0.15) is 0 Å². The van der Waals surface area contributed by atoms with E-state index in [4.69, 9.17) is 10.5 Å². The summed E-state index contributed by atoms with van der Waals surface area (Å²) in [7, 11) is 1.57. The van der Waals surface area contributed by atoms with Gasteiger partial charge in [-0.05, 0) is 30.2 Å². The number of nitrogens with two attached hydrogens (primary N) is 1. The molecule has 1 heterocycles. The van der Waals surface area contributed by atoms with E-state index in [1.165, 1.54) is 0 Å². The molecule has 0 spiro atoms. The van der Waals surface area contributed by atoms with Gasteiger partial charge in [0.15, 0.2) is 0 Å². The molecule has 0 saturated heterocycles. The normalized spacial score (nSPS) is 10.3. The van der Waals surface area contributed by atoms with E-state index in [9.17, 15) is 5.11 Å². The monoisotopic (exact) mass is 244 g/mol. The molecule has 0 aliphatic heterocycles. The molecule has 0 fully saturated rings. The van der Waals surface area contributed by atoms with Gasteiger partial charge in [0.2, 0.25) is 0 Å². The molecule has 0 aliphatic carbocycles. The van der Waals surface area contributed by atoms with Crippen LogP contribution in [0.1, 0.15) is 12.5 Å². The van der Waals surface area contributed by atoms with Crippen molar-refractivity contribution >= 4 is 5.82 Å². The Morgan fingerprint density at radius 1 is 1.33 bits per heavy atom. The highest BCUT2D eigenvalue weighted by Gasteiger charge is 2.11. The maximum Gasteiger partial charge on any atom is 0.131 e. The fraction of sp³-hybridized carbons (Fsp3) is 0.214. The van der Waals surface area contributed by atoms with Crippen LogP contribution in [0, 0.1) is 0 Å². The Labute approximate surface area is 106 Å². The van der Waals surface area contributed by atoms with Crippen molar-refractivity contribution in [1.82, 2.24) is 4.98 Å². The van der Waals surface area contributed by atoms with Crippen LogP contribution < -0.4 is 10.5 Å². The van der Waals surface area contributed by atoms with Gasteiger partial charge in [0.25, 0.3) is 0 Å². The molecule has 0 bridgehead atoms. The number of methoxy groups -OCH3 is 1. The molecule has 0 saturated carbocycles. The minimum Gasteiger partial charge on any atom is -0.508 e. The Bertz CT molecular complexity index is 568. The van der Waals surface area contributed by atoms with Gasteiger partial charge in [-0.25, -0.2) is 4.98 Å². The summed E-state index contributed by atoms with van der Waals surface area (Å²) in [5, 5.41) is 9.82. The van der Waals surface area contributed by atoms with E-state index in [1.54, 1.807) is 19.2 Å². The first-order chi connectivity index (χ1) is 8.65. The lowest BCUT2D eigenvalue weighted by Crippen LogP contribution is -1.95. The third-order valence-electron chi connectivity index (χ3n) is 2.83. The third-order valence-corrected chi connectivity index (χ3v) is 2.83. The van der Waals surface area contributed by atoms with Gasteiger partial charge in [-0.3, -0.25) is 0 Å². The van der Waals surface area contributed by atoms with Crippen molar-refractivity contribution in [3.8, 4) is 22.8 Å². The lowest BCUT2D eigenvalue weighted by Gasteiger charge is -2.12. The van der Waals surface area contributed by atoms with E-state index in [1.807, 2.05) is 25.1 Å². The number of hydrogen-bond donors (Lipinski definition) is 2. The molecule has 0 radical (unpaired) electrons.